The van der Waals surface area contributed by atoms with E-state index in [0.29, 0.717) is 18.7 Å². The van der Waals surface area contributed by atoms with Crippen molar-refractivity contribution in [3.05, 3.63) is 35.6 Å². The van der Waals surface area contributed by atoms with E-state index in [0.717, 1.165) is 0 Å². The molecule has 1 aromatic rings. The van der Waals surface area contributed by atoms with Gasteiger partial charge in [-0.3, -0.25) is 14.4 Å². The number of likely N-dealkylation sites (tertiary alicyclic amines) is 1. The summed E-state index contributed by atoms with van der Waals surface area (Å²) in [6.45, 7) is 6.18. The summed E-state index contributed by atoms with van der Waals surface area (Å²) in [6.07, 6.45) is 0.117. The summed E-state index contributed by atoms with van der Waals surface area (Å²) in [7, 11) is 0. The first-order valence-corrected chi connectivity index (χ1v) is 8.80. The lowest BCUT2D eigenvalue weighted by atomic mass is 10.1. The molecule has 1 heterocycles. The summed E-state index contributed by atoms with van der Waals surface area (Å²) >= 11 is 0. The number of nitrogens with zero attached hydrogens (tertiary/aromatic N) is 2. The van der Waals surface area contributed by atoms with Gasteiger partial charge in [-0.2, -0.15) is 0 Å². The monoisotopic (exact) mass is 364 g/mol. The van der Waals surface area contributed by atoms with E-state index in [1.165, 1.54) is 17.0 Å². The molecule has 0 spiro atoms. The Kier molecular flexibility index (Phi) is 6.71. The van der Waals surface area contributed by atoms with E-state index in [1.54, 1.807) is 24.0 Å². The summed E-state index contributed by atoms with van der Waals surface area (Å²) in [4.78, 5) is 39.4. The molecule has 1 aliphatic heterocycles. The number of benzene rings is 1. The third-order valence-electron chi connectivity index (χ3n) is 4.45. The molecule has 142 valence electrons. The molecule has 1 aliphatic rings. The topological polar surface area (TPSA) is 66.9 Å². The standard InChI is InChI=1S/C19H25FN2O4/c1-4-21(10-14-6-5-7-16(20)8-14)18(24)12-26-19(25)15-9-17(23)22(11-15)13(2)3/h5-8,13,15H,4,9-12H2,1-3H3. The van der Waals surface area contributed by atoms with Crippen molar-refractivity contribution in [1.82, 2.24) is 9.80 Å². The SMILES string of the molecule is CCN(Cc1cccc(F)c1)C(=O)COC(=O)C1CC(=O)N(C(C)C)C1. The Morgan fingerprint density at radius 1 is 1.38 bits per heavy atom. The maximum absolute atomic E-state index is 13.3. The van der Waals surface area contributed by atoms with Gasteiger partial charge >= 0.3 is 5.97 Å². The maximum Gasteiger partial charge on any atom is 0.311 e. The van der Waals surface area contributed by atoms with Gasteiger partial charge in [-0.25, -0.2) is 4.39 Å². The van der Waals surface area contributed by atoms with Gasteiger partial charge in [-0.15, -0.1) is 0 Å². The summed E-state index contributed by atoms with van der Waals surface area (Å²) in [5.41, 5.74) is 0.667. The Morgan fingerprint density at radius 2 is 2.12 bits per heavy atom. The number of amides is 2. The second-order valence-corrected chi connectivity index (χ2v) is 6.69. The van der Waals surface area contributed by atoms with Crippen LogP contribution in [0.3, 0.4) is 0 Å². The third-order valence-corrected chi connectivity index (χ3v) is 4.45. The fourth-order valence-corrected chi connectivity index (χ4v) is 2.96. The van der Waals surface area contributed by atoms with Crippen LogP contribution in [0.15, 0.2) is 24.3 Å². The molecule has 0 radical (unpaired) electrons. The van der Waals surface area contributed by atoms with E-state index in [9.17, 15) is 18.8 Å². The van der Waals surface area contributed by atoms with Crippen molar-refractivity contribution < 1.29 is 23.5 Å². The lowest BCUT2D eigenvalue weighted by Gasteiger charge is -2.22. The molecule has 1 saturated heterocycles. The molecule has 2 amide bonds. The summed E-state index contributed by atoms with van der Waals surface area (Å²) in [5.74, 6) is -1.85. The van der Waals surface area contributed by atoms with Crippen LogP contribution in [-0.2, 0) is 25.7 Å². The Bertz CT molecular complexity index is 677. The van der Waals surface area contributed by atoms with E-state index in [-0.39, 0.29) is 43.2 Å². The molecule has 1 unspecified atom stereocenters. The molecule has 7 heteroatoms. The molecule has 6 nitrogen and oxygen atoms in total. The van der Waals surface area contributed by atoms with Gasteiger partial charge in [-0.1, -0.05) is 12.1 Å². The van der Waals surface area contributed by atoms with E-state index >= 15 is 0 Å². The van der Waals surface area contributed by atoms with Crippen LogP contribution in [-0.4, -0.2) is 53.3 Å². The number of hydrogen-bond acceptors (Lipinski definition) is 4. The minimum absolute atomic E-state index is 0.0313. The van der Waals surface area contributed by atoms with E-state index in [4.69, 9.17) is 4.74 Å². The molecule has 2 rings (SSSR count). The Balaban J connectivity index is 1.86. The van der Waals surface area contributed by atoms with Gasteiger partial charge in [0.15, 0.2) is 6.61 Å². The predicted octanol–water partition coefficient (Wildman–Crippen LogP) is 1.97. The number of rotatable bonds is 7. The van der Waals surface area contributed by atoms with Crippen LogP contribution in [0.2, 0.25) is 0 Å². The molecular formula is C19H25FN2O4. The average molecular weight is 364 g/mol. The molecule has 0 aromatic heterocycles. The molecule has 26 heavy (non-hydrogen) atoms. The normalized spacial score (nSPS) is 16.9. The molecule has 1 atom stereocenters. The molecule has 0 aliphatic carbocycles. The minimum atomic E-state index is -0.531. The van der Waals surface area contributed by atoms with Crippen LogP contribution < -0.4 is 0 Å². The largest absolute Gasteiger partial charge is 0.455 e. The fourth-order valence-electron chi connectivity index (χ4n) is 2.96. The van der Waals surface area contributed by atoms with Crippen LogP contribution >= 0.6 is 0 Å². The van der Waals surface area contributed by atoms with Gasteiger partial charge < -0.3 is 14.5 Å². The summed E-state index contributed by atoms with van der Waals surface area (Å²) in [5, 5.41) is 0. The molecule has 0 bridgehead atoms. The first-order chi connectivity index (χ1) is 12.3. The number of likely N-dealkylation sites (N-methyl/N-ethyl adjacent to an activating group) is 1. The van der Waals surface area contributed by atoms with E-state index < -0.39 is 11.9 Å². The van der Waals surface area contributed by atoms with Crippen molar-refractivity contribution in [3.8, 4) is 0 Å². The predicted molar refractivity (Wildman–Crippen MR) is 93.4 cm³/mol. The fraction of sp³-hybridized carbons (Fsp3) is 0.526. The molecule has 1 fully saturated rings. The van der Waals surface area contributed by atoms with Crippen molar-refractivity contribution in [2.75, 3.05) is 19.7 Å². The minimum Gasteiger partial charge on any atom is -0.455 e. The van der Waals surface area contributed by atoms with Gasteiger partial charge in [0.25, 0.3) is 5.91 Å². The molecule has 0 saturated carbocycles. The first-order valence-electron chi connectivity index (χ1n) is 8.80. The first kappa shape index (κ1) is 19.9. The average Bonchev–Trinajstić information content (AvgIpc) is 2.99. The lowest BCUT2D eigenvalue weighted by Crippen LogP contribution is -2.35. The number of carbonyl (C=O) groups excluding carboxylic acids is 3. The maximum atomic E-state index is 13.3. The highest BCUT2D eigenvalue weighted by Gasteiger charge is 2.36. The zero-order chi connectivity index (χ0) is 19.3. The number of carbonyl (C=O) groups is 3. The lowest BCUT2D eigenvalue weighted by molar-refractivity contribution is -0.155. The van der Waals surface area contributed by atoms with E-state index in [2.05, 4.69) is 0 Å². The van der Waals surface area contributed by atoms with Gasteiger partial charge in [0.1, 0.15) is 5.82 Å². The van der Waals surface area contributed by atoms with Crippen LogP contribution in [0.25, 0.3) is 0 Å². The van der Waals surface area contributed by atoms with Crippen molar-refractivity contribution >= 4 is 17.8 Å². The third kappa shape index (κ3) is 5.03. The van der Waals surface area contributed by atoms with Gasteiger partial charge in [0.05, 0.1) is 5.92 Å². The highest BCUT2D eigenvalue weighted by molar-refractivity contribution is 5.88. The second-order valence-electron chi connectivity index (χ2n) is 6.69. The van der Waals surface area contributed by atoms with Crippen LogP contribution in [0.1, 0.15) is 32.8 Å². The molecule has 0 N–H and O–H groups in total. The zero-order valence-corrected chi connectivity index (χ0v) is 15.4. The van der Waals surface area contributed by atoms with Crippen LogP contribution in [0, 0.1) is 11.7 Å². The smallest absolute Gasteiger partial charge is 0.311 e. The number of hydrogen-bond donors (Lipinski definition) is 0. The van der Waals surface area contributed by atoms with Gasteiger partial charge in [0.2, 0.25) is 5.91 Å². The Hall–Kier alpha value is -2.44. The van der Waals surface area contributed by atoms with Crippen molar-refractivity contribution in [2.24, 2.45) is 5.92 Å². The van der Waals surface area contributed by atoms with Gasteiger partial charge in [0, 0.05) is 32.1 Å². The van der Waals surface area contributed by atoms with Crippen LogP contribution in [0.4, 0.5) is 4.39 Å². The van der Waals surface area contributed by atoms with Gasteiger partial charge in [-0.05, 0) is 38.5 Å². The highest BCUT2D eigenvalue weighted by Crippen LogP contribution is 2.21. The van der Waals surface area contributed by atoms with Crippen molar-refractivity contribution in [3.63, 3.8) is 0 Å². The summed E-state index contributed by atoms with van der Waals surface area (Å²) < 4.78 is 18.4. The number of esters is 1. The number of ether oxygens (including phenoxy) is 1. The Labute approximate surface area is 152 Å². The quantitative estimate of drug-likeness (QED) is 0.694. The Morgan fingerprint density at radius 3 is 2.69 bits per heavy atom. The highest BCUT2D eigenvalue weighted by atomic mass is 19.1. The molecule has 1 aromatic carbocycles. The van der Waals surface area contributed by atoms with E-state index in [1.807, 2.05) is 13.8 Å². The van der Waals surface area contributed by atoms with Crippen molar-refractivity contribution in [1.29, 1.82) is 0 Å². The zero-order valence-electron chi connectivity index (χ0n) is 15.4. The number of halogens is 1. The van der Waals surface area contributed by atoms with Crippen LogP contribution in [0.5, 0.6) is 0 Å². The second kappa shape index (κ2) is 8.78. The summed E-state index contributed by atoms with van der Waals surface area (Å²) in [6, 6.07) is 6.05. The molecular weight excluding hydrogens is 339 g/mol. The van der Waals surface area contributed by atoms with Crippen molar-refractivity contribution in [2.45, 2.75) is 39.8 Å².